The first-order valence-corrected chi connectivity index (χ1v) is 5.91. The molecule has 0 aliphatic rings. The van der Waals surface area contributed by atoms with E-state index in [2.05, 4.69) is 26.1 Å². The molecule has 0 aromatic rings. The van der Waals surface area contributed by atoms with Crippen molar-refractivity contribution >= 4 is 11.6 Å². The third-order valence-corrected chi connectivity index (χ3v) is 2.31. The third-order valence-electron chi connectivity index (χ3n) is 2.09. The highest BCUT2D eigenvalue weighted by molar-refractivity contribution is 6.20. The molecule has 0 aromatic heterocycles. The molecule has 1 nitrogen and oxygen atoms in total. The van der Waals surface area contributed by atoms with Gasteiger partial charge in [0.25, 0.3) is 0 Å². The van der Waals surface area contributed by atoms with Crippen LogP contribution in [0.1, 0.15) is 46.5 Å². The van der Waals surface area contributed by atoms with Crippen molar-refractivity contribution < 1.29 is 0 Å². The van der Waals surface area contributed by atoms with Crippen molar-refractivity contribution in [2.24, 2.45) is 5.92 Å². The Balaban J connectivity index is 2.92. The molecule has 1 atom stereocenters. The minimum Gasteiger partial charge on any atom is -0.317 e. The summed E-state index contributed by atoms with van der Waals surface area (Å²) in [6.07, 6.45) is 4.96. The van der Waals surface area contributed by atoms with Gasteiger partial charge >= 0.3 is 0 Å². The molecule has 0 aliphatic heterocycles. The van der Waals surface area contributed by atoms with E-state index in [1.54, 1.807) is 0 Å². The predicted molar refractivity (Wildman–Crippen MR) is 61.5 cm³/mol. The van der Waals surface area contributed by atoms with Crippen LogP contribution in [0.15, 0.2) is 0 Å². The molecule has 0 fully saturated rings. The van der Waals surface area contributed by atoms with Crippen molar-refractivity contribution in [3.8, 4) is 0 Å². The summed E-state index contributed by atoms with van der Waals surface area (Å²) in [5.74, 6) is 0.838. The van der Waals surface area contributed by atoms with Crippen LogP contribution in [0.5, 0.6) is 0 Å². The standard InChI is InChI=1S/C11H24ClN/c1-10(2)6-4-8-13-9-5-7-11(3)12/h10-11,13H,4-9H2,1-3H3. The van der Waals surface area contributed by atoms with E-state index in [4.69, 9.17) is 11.6 Å². The van der Waals surface area contributed by atoms with Gasteiger partial charge in [-0.05, 0) is 51.6 Å². The van der Waals surface area contributed by atoms with E-state index in [0.717, 1.165) is 25.4 Å². The van der Waals surface area contributed by atoms with Crippen LogP contribution in [0.2, 0.25) is 0 Å². The maximum absolute atomic E-state index is 5.83. The first kappa shape index (κ1) is 13.2. The fraction of sp³-hybridized carbons (Fsp3) is 1.00. The number of hydrogen-bond acceptors (Lipinski definition) is 1. The van der Waals surface area contributed by atoms with Crippen LogP contribution < -0.4 is 5.32 Å². The first-order valence-electron chi connectivity index (χ1n) is 5.47. The predicted octanol–water partition coefficient (Wildman–Crippen LogP) is 3.42. The molecule has 1 unspecified atom stereocenters. The summed E-state index contributed by atoms with van der Waals surface area (Å²) in [7, 11) is 0. The van der Waals surface area contributed by atoms with E-state index in [-0.39, 0.29) is 0 Å². The van der Waals surface area contributed by atoms with Gasteiger partial charge < -0.3 is 5.32 Å². The van der Waals surface area contributed by atoms with Gasteiger partial charge in [0.15, 0.2) is 0 Å². The van der Waals surface area contributed by atoms with Crippen LogP contribution in [0.3, 0.4) is 0 Å². The molecule has 0 spiro atoms. The normalized spacial score (nSPS) is 13.6. The maximum Gasteiger partial charge on any atom is 0.0308 e. The molecule has 1 N–H and O–H groups in total. The Bertz CT molecular complexity index is 90.3. The SMILES string of the molecule is CC(C)CCCNCCCC(C)Cl. The average molecular weight is 206 g/mol. The Morgan fingerprint density at radius 3 is 2.00 bits per heavy atom. The summed E-state index contributed by atoms with van der Waals surface area (Å²) >= 11 is 5.83. The van der Waals surface area contributed by atoms with Gasteiger partial charge in [-0.25, -0.2) is 0 Å². The van der Waals surface area contributed by atoms with Crippen molar-refractivity contribution in [1.29, 1.82) is 0 Å². The van der Waals surface area contributed by atoms with E-state index in [1.165, 1.54) is 19.3 Å². The summed E-state index contributed by atoms with van der Waals surface area (Å²) in [5, 5.41) is 3.77. The van der Waals surface area contributed by atoms with Gasteiger partial charge in [0.1, 0.15) is 0 Å². The van der Waals surface area contributed by atoms with E-state index in [1.807, 2.05) is 0 Å². The number of rotatable bonds is 8. The van der Waals surface area contributed by atoms with Crippen molar-refractivity contribution in [3.05, 3.63) is 0 Å². The fourth-order valence-corrected chi connectivity index (χ4v) is 1.42. The lowest BCUT2D eigenvalue weighted by molar-refractivity contribution is 0.520. The van der Waals surface area contributed by atoms with Gasteiger partial charge in [-0.1, -0.05) is 13.8 Å². The molecule has 0 rings (SSSR count). The molecule has 80 valence electrons. The summed E-state index contributed by atoms with van der Waals surface area (Å²) in [5.41, 5.74) is 0. The zero-order chi connectivity index (χ0) is 10.1. The van der Waals surface area contributed by atoms with Crippen LogP contribution in [-0.4, -0.2) is 18.5 Å². The van der Waals surface area contributed by atoms with Crippen LogP contribution in [0.4, 0.5) is 0 Å². The van der Waals surface area contributed by atoms with Crippen LogP contribution >= 0.6 is 11.6 Å². The lowest BCUT2D eigenvalue weighted by Crippen LogP contribution is -2.17. The minimum atomic E-state index is 0.331. The fourth-order valence-electron chi connectivity index (χ4n) is 1.27. The summed E-state index contributed by atoms with van der Waals surface area (Å²) in [6, 6.07) is 0. The lowest BCUT2D eigenvalue weighted by Gasteiger charge is -2.06. The van der Waals surface area contributed by atoms with Gasteiger partial charge in [-0.15, -0.1) is 11.6 Å². The van der Waals surface area contributed by atoms with E-state index >= 15 is 0 Å². The van der Waals surface area contributed by atoms with E-state index < -0.39 is 0 Å². The Hall–Kier alpha value is 0.250. The molecule has 0 amide bonds. The number of alkyl halides is 1. The van der Waals surface area contributed by atoms with Crippen molar-refractivity contribution in [1.82, 2.24) is 5.32 Å². The van der Waals surface area contributed by atoms with Crippen molar-refractivity contribution in [2.75, 3.05) is 13.1 Å². The Morgan fingerprint density at radius 1 is 1.00 bits per heavy atom. The molecule has 0 aliphatic carbocycles. The molecule has 0 aromatic carbocycles. The van der Waals surface area contributed by atoms with Crippen LogP contribution in [0.25, 0.3) is 0 Å². The van der Waals surface area contributed by atoms with Crippen LogP contribution in [-0.2, 0) is 0 Å². The van der Waals surface area contributed by atoms with Gasteiger partial charge in [-0.2, -0.15) is 0 Å². The molecule has 0 saturated carbocycles. The van der Waals surface area contributed by atoms with Gasteiger partial charge in [0.05, 0.1) is 0 Å². The second-order valence-corrected chi connectivity index (χ2v) is 4.95. The van der Waals surface area contributed by atoms with Gasteiger partial charge in [0.2, 0.25) is 0 Å². The van der Waals surface area contributed by atoms with Crippen LogP contribution in [0, 0.1) is 5.92 Å². The summed E-state index contributed by atoms with van der Waals surface area (Å²) < 4.78 is 0. The zero-order valence-electron chi connectivity index (χ0n) is 9.28. The van der Waals surface area contributed by atoms with Crippen molar-refractivity contribution in [3.63, 3.8) is 0 Å². The Kier molecular flexibility index (Phi) is 9.00. The van der Waals surface area contributed by atoms with Crippen molar-refractivity contribution in [2.45, 2.75) is 51.8 Å². The maximum atomic E-state index is 5.83. The highest BCUT2D eigenvalue weighted by Crippen LogP contribution is 2.03. The highest BCUT2D eigenvalue weighted by Gasteiger charge is 1.96. The second-order valence-electron chi connectivity index (χ2n) is 4.21. The number of halogens is 1. The molecule has 0 heterocycles. The smallest absolute Gasteiger partial charge is 0.0308 e. The summed E-state index contributed by atoms with van der Waals surface area (Å²) in [4.78, 5) is 0. The minimum absolute atomic E-state index is 0.331. The molecule has 0 bridgehead atoms. The number of hydrogen-bond donors (Lipinski definition) is 1. The zero-order valence-corrected chi connectivity index (χ0v) is 10.0. The molecular weight excluding hydrogens is 182 g/mol. The molecule has 13 heavy (non-hydrogen) atoms. The first-order chi connectivity index (χ1) is 6.13. The van der Waals surface area contributed by atoms with Gasteiger partial charge in [0, 0.05) is 5.38 Å². The quantitative estimate of drug-likeness (QED) is 0.473. The van der Waals surface area contributed by atoms with Gasteiger partial charge in [-0.3, -0.25) is 0 Å². The molecule has 0 saturated heterocycles. The third kappa shape index (κ3) is 12.2. The molecule has 2 heteroatoms. The average Bonchev–Trinajstić information content (AvgIpc) is 2.01. The molecular formula is C11H24ClN. The number of nitrogens with one attached hydrogen (secondary N) is 1. The Morgan fingerprint density at radius 2 is 1.54 bits per heavy atom. The second kappa shape index (κ2) is 8.83. The monoisotopic (exact) mass is 205 g/mol. The van der Waals surface area contributed by atoms with E-state index in [0.29, 0.717) is 5.38 Å². The largest absolute Gasteiger partial charge is 0.317 e. The highest BCUT2D eigenvalue weighted by atomic mass is 35.5. The Labute approximate surface area is 88.2 Å². The summed E-state index contributed by atoms with van der Waals surface area (Å²) in [6.45, 7) is 8.88. The molecule has 0 radical (unpaired) electrons. The topological polar surface area (TPSA) is 12.0 Å². The lowest BCUT2D eigenvalue weighted by atomic mass is 10.1. The van der Waals surface area contributed by atoms with E-state index in [9.17, 15) is 0 Å².